The van der Waals surface area contributed by atoms with Crippen molar-refractivity contribution in [1.29, 1.82) is 0 Å². The smallest absolute Gasteiger partial charge is 0.255 e. The second-order valence-corrected chi connectivity index (χ2v) is 5.87. The van der Waals surface area contributed by atoms with Gasteiger partial charge in [0.05, 0.1) is 5.69 Å². The zero-order valence-corrected chi connectivity index (χ0v) is 12.8. The Bertz CT molecular complexity index is 821. The van der Waals surface area contributed by atoms with Crippen LogP contribution in [0.5, 0.6) is 0 Å². The largest absolute Gasteiger partial charge is 0.327 e. The molecule has 1 aliphatic carbocycles. The topological polar surface area (TPSA) is 72.2 Å². The van der Waals surface area contributed by atoms with Crippen molar-refractivity contribution >= 4 is 17.9 Å². The summed E-state index contributed by atoms with van der Waals surface area (Å²) in [6.07, 6.45) is 2.83. The first-order valence-corrected chi connectivity index (χ1v) is 7.61. The first kappa shape index (κ1) is 16.3. The Labute approximate surface area is 137 Å². The average molecular weight is 330 g/mol. The predicted octanol–water partition coefficient (Wildman–Crippen LogP) is 2.85. The van der Waals surface area contributed by atoms with Gasteiger partial charge in [-0.3, -0.25) is 9.59 Å². The zero-order valence-electron chi connectivity index (χ0n) is 12.8. The lowest BCUT2D eigenvalue weighted by Gasteiger charge is -2.24. The lowest BCUT2D eigenvalue weighted by Crippen LogP contribution is -2.28. The van der Waals surface area contributed by atoms with E-state index in [1.165, 1.54) is 6.07 Å². The quantitative estimate of drug-likeness (QED) is 0.850. The molecule has 0 aromatic heterocycles. The highest BCUT2D eigenvalue weighted by Gasteiger charge is 2.21. The SMILES string of the molecule is N[C@H]1CCc2c(ccc(NC(=O)c3ccc(F)c(F)c3)c2C=O)C1. The molecule has 0 bridgehead atoms. The third-order valence-electron chi connectivity index (χ3n) is 4.25. The van der Waals surface area contributed by atoms with Crippen molar-refractivity contribution in [3.05, 3.63) is 64.2 Å². The molecule has 2 aromatic carbocycles. The Morgan fingerprint density at radius 3 is 2.71 bits per heavy atom. The number of fused-ring (bicyclic) bond motifs is 1. The van der Waals surface area contributed by atoms with E-state index in [1.54, 1.807) is 6.07 Å². The van der Waals surface area contributed by atoms with E-state index in [0.29, 0.717) is 30.4 Å². The van der Waals surface area contributed by atoms with E-state index in [9.17, 15) is 18.4 Å². The van der Waals surface area contributed by atoms with Gasteiger partial charge in [-0.25, -0.2) is 8.78 Å². The van der Waals surface area contributed by atoms with Crippen LogP contribution in [0.4, 0.5) is 14.5 Å². The zero-order chi connectivity index (χ0) is 17.3. The van der Waals surface area contributed by atoms with Gasteiger partial charge >= 0.3 is 0 Å². The van der Waals surface area contributed by atoms with Gasteiger partial charge in [-0.15, -0.1) is 0 Å². The van der Waals surface area contributed by atoms with Crippen LogP contribution >= 0.6 is 0 Å². The first-order chi connectivity index (χ1) is 11.5. The van der Waals surface area contributed by atoms with Crippen LogP contribution in [0, 0.1) is 11.6 Å². The highest BCUT2D eigenvalue weighted by Crippen LogP contribution is 2.28. The van der Waals surface area contributed by atoms with E-state index < -0.39 is 17.5 Å². The Hall–Kier alpha value is -2.60. The molecule has 0 spiro atoms. The van der Waals surface area contributed by atoms with Gasteiger partial charge in [0.25, 0.3) is 5.91 Å². The van der Waals surface area contributed by atoms with Gasteiger partial charge < -0.3 is 11.1 Å². The van der Waals surface area contributed by atoms with Gasteiger partial charge in [-0.1, -0.05) is 6.07 Å². The van der Waals surface area contributed by atoms with Crippen LogP contribution < -0.4 is 11.1 Å². The molecule has 0 radical (unpaired) electrons. The molecule has 3 N–H and O–H groups in total. The van der Waals surface area contributed by atoms with Crippen molar-refractivity contribution in [2.24, 2.45) is 5.73 Å². The number of carbonyl (C=O) groups excluding carboxylic acids is 2. The molecule has 24 heavy (non-hydrogen) atoms. The maximum atomic E-state index is 13.3. The van der Waals surface area contributed by atoms with E-state index in [-0.39, 0.29) is 11.6 Å². The van der Waals surface area contributed by atoms with Gasteiger partial charge in [0, 0.05) is 17.2 Å². The number of halogens is 2. The Morgan fingerprint density at radius 1 is 1.21 bits per heavy atom. The molecule has 0 fully saturated rings. The minimum absolute atomic E-state index is 0.0227. The normalized spacial score (nSPS) is 16.4. The van der Waals surface area contributed by atoms with Crippen LogP contribution in [0.2, 0.25) is 0 Å². The second-order valence-electron chi connectivity index (χ2n) is 5.87. The van der Waals surface area contributed by atoms with E-state index in [2.05, 4.69) is 5.32 Å². The fraction of sp³-hybridized carbons (Fsp3) is 0.222. The van der Waals surface area contributed by atoms with Crippen molar-refractivity contribution in [3.8, 4) is 0 Å². The lowest BCUT2D eigenvalue weighted by molar-refractivity contribution is 0.102. The van der Waals surface area contributed by atoms with E-state index >= 15 is 0 Å². The number of nitrogens with two attached hydrogens (primary N) is 1. The highest BCUT2D eigenvalue weighted by atomic mass is 19.2. The number of anilines is 1. The molecule has 0 saturated carbocycles. The minimum atomic E-state index is -1.10. The van der Waals surface area contributed by atoms with Crippen molar-refractivity contribution in [3.63, 3.8) is 0 Å². The number of nitrogens with one attached hydrogen (secondary N) is 1. The van der Waals surface area contributed by atoms with E-state index in [1.807, 2.05) is 6.07 Å². The van der Waals surface area contributed by atoms with Gasteiger partial charge in [-0.2, -0.15) is 0 Å². The fourth-order valence-corrected chi connectivity index (χ4v) is 2.99. The maximum absolute atomic E-state index is 13.3. The Balaban J connectivity index is 1.91. The molecule has 0 heterocycles. The summed E-state index contributed by atoms with van der Waals surface area (Å²) < 4.78 is 26.2. The molecule has 0 aliphatic heterocycles. The summed E-state index contributed by atoms with van der Waals surface area (Å²) in [5.74, 6) is -2.73. The van der Waals surface area contributed by atoms with Gasteiger partial charge in [0.2, 0.25) is 0 Å². The second kappa shape index (κ2) is 6.49. The summed E-state index contributed by atoms with van der Waals surface area (Å²) in [5, 5.41) is 2.60. The molecule has 6 heteroatoms. The average Bonchev–Trinajstić information content (AvgIpc) is 2.57. The summed E-state index contributed by atoms with van der Waals surface area (Å²) >= 11 is 0. The van der Waals surface area contributed by atoms with Crippen LogP contribution in [-0.4, -0.2) is 18.2 Å². The van der Waals surface area contributed by atoms with Crippen molar-refractivity contribution in [1.82, 2.24) is 0 Å². The molecule has 2 aromatic rings. The van der Waals surface area contributed by atoms with Crippen LogP contribution in [0.15, 0.2) is 30.3 Å². The molecule has 0 unspecified atom stereocenters. The van der Waals surface area contributed by atoms with Gasteiger partial charge in [-0.05, 0) is 54.7 Å². The summed E-state index contributed by atoms with van der Waals surface area (Å²) in [5.41, 5.74) is 8.57. The Morgan fingerprint density at radius 2 is 2.00 bits per heavy atom. The van der Waals surface area contributed by atoms with Crippen molar-refractivity contribution < 1.29 is 18.4 Å². The lowest BCUT2D eigenvalue weighted by atomic mass is 9.85. The number of hydrogen-bond donors (Lipinski definition) is 2. The number of aldehydes is 1. The predicted molar refractivity (Wildman–Crippen MR) is 86.1 cm³/mol. The summed E-state index contributed by atoms with van der Waals surface area (Å²) in [7, 11) is 0. The standard InChI is InChI=1S/C18H16F2N2O2/c19-15-5-1-11(8-16(15)20)18(24)22-17-6-2-10-7-12(21)3-4-13(10)14(17)9-23/h1-2,5-6,8-9,12H,3-4,7,21H2,(H,22,24)/t12-/m0/s1. The molecular weight excluding hydrogens is 314 g/mol. The molecule has 0 saturated heterocycles. The van der Waals surface area contributed by atoms with E-state index in [4.69, 9.17) is 5.73 Å². The van der Waals surface area contributed by atoms with Crippen LogP contribution in [0.25, 0.3) is 0 Å². The highest BCUT2D eigenvalue weighted by molar-refractivity contribution is 6.06. The fourth-order valence-electron chi connectivity index (χ4n) is 2.99. The third kappa shape index (κ3) is 3.05. The molecule has 124 valence electrons. The molecule has 4 nitrogen and oxygen atoms in total. The van der Waals surface area contributed by atoms with Crippen molar-refractivity contribution in [2.75, 3.05) is 5.32 Å². The number of carbonyl (C=O) groups is 2. The minimum Gasteiger partial charge on any atom is -0.327 e. The number of amides is 1. The van der Waals surface area contributed by atoms with Gasteiger partial charge in [0.15, 0.2) is 17.9 Å². The van der Waals surface area contributed by atoms with Crippen LogP contribution in [0.1, 0.15) is 38.3 Å². The third-order valence-corrected chi connectivity index (χ3v) is 4.25. The molecule has 1 aliphatic rings. The summed E-state index contributed by atoms with van der Waals surface area (Å²) in [6, 6.07) is 6.44. The number of rotatable bonds is 3. The van der Waals surface area contributed by atoms with Crippen molar-refractivity contribution in [2.45, 2.75) is 25.3 Å². The number of benzene rings is 2. The van der Waals surface area contributed by atoms with E-state index in [0.717, 1.165) is 29.7 Å². The van der Waals surface area contributed by atoms with Crippen LogP contribution in [0.3, 0.4) is 0 Å². The molecular formula is C18H16F2N2O2. The molecule has 1 amide bonds. The molecule has 1 atom stereocenters. The monoisotopic (exact) mass is 330 g/mol. The number of hydrogen-bond acceptors (Lipinski definition) is 3. The van der Waals surface area contributed by atoms with Crippen LogP contribution in [-0.2, 0) is 12.8 Å². The summed E-state index contributed by atoms with van der Waals surface area (Å²) in [6.45, 7) is 0. The van der Waals surface area contributed by atoms with Gasteiger partial charge in [0.1, 0.15) is 0 Å². The molecule has 3 rings (SSSR count). The summed E-state index contributed by atoms with van der Waals surface area (Å²) in [4.78, 5) is 23.7. The maximum Gasteiger partial charge on any atom is 0.255 e. The first-order valence-electron chi connectivity index (χ1n) is 7.61. The Kier molecular flexibility index (Phi) is 4.40.